The first-order valence-electron chi connectivity index (χ1n) is 11.7. The molecule has 0 saturated heterocycles. The third-order valence-corrected chi connectivity index (χ3v) is 5.92. The molecule has 0 heterocycles. The molecular weight excluding hydrogens is 519 g/mol. The molecule has 3 unspecified atom stereocenters. The molecule has 206 valence electrons. The number of ether oxygens (including phenoxy) is 1. The monoisotopic (exact) mass is 545 g/mol. The van der Waals surface area contributed by atoms with E-state index in [0.29, 0.717) is 0 Å². The van der Waals surface area contributed by atoms with Crippen LogP contribution in [0, 0.1) is 0 Å². The molecule has 8 nitrogen and oxygen atoms in total. The Morgan fingerprint density at radius 1 is 0.974 bits per heavy atom. The van der Waals surface area contributed by atoms with Crippen LogP contribution in [0.2, 0.25) is 0 Å². The molecular formula is C28H26F3NO7. The summed E-state index contributed by atoms with van der Waals surface area (Å²) in [5, 5.41) is 33.3. The van der Waals surface area contributed by atoms with Crippen LogP contribution < -0.4 is 5.32 Å². The van der Waals surface area contributed by atoms with Gasteiger partial charge in [0.15, 0.2) is 11.8 Å². The van der Waals surface area contributed by atoms with Gasteiger partial charge in [0.1, 0.15) is 0 Å². The smallest absolute Gasteiger partial charge is 0.416 e. The van der Waals surface area contributed by atoms with E-state index in [-0.39, 0.29) is 5.56 Å². The Hall–Kier alpha value is -4.22. The molecule has 3 atom stereocenters. The van der Waals surface area contributed by atoms with Crippen molar-refractivity contribution in [1.29, 1.82) is 0 Å². The number of alkyl halides is 3. The van der Waals surface area contributed by atoms with E-state index in [9.17, 15) is 37.8 Å². The van der Waals surface area contributed by atoms with Crippen LogP contribution in [0.1, 0.15) is 42.5 Å². The van der Waals surface area contributed by atoms with E-state index in [1.54, 1.807) is 6.92 Å². The summed E-state index contributed by atoms with van der Waals surface area (Å²) in [5.74, 6) is -4.80. The van der Waals surface area contributed by atoms with Gasteiger partial charge in [0.25, 0.3) is 0 Å². The topological polar surface area (TPSA) is 133 Å². The zero-order chi connectivity index (χ0) is 28.8. The van der Waals surface area contributed by atoms with Crippen LogP contribution in [0.4, 0.5) is 13.2 Å². The predicted molar refractivity (Wildman–Crippen MR) is 135 cm³/mol. The van der Waals surface area contributed by atoms with Gasteiger partial charge in [-0.25, -0.2) is 4.79 Å². The van der Waals surface area contributed by atoms with E-state index in [1.807, 2.05) is 42.5 Å². The molecule has 3 aromatic rings. The predicted octanol–water partition coefficient (Wildman–Crippen LogP) is 4.77. The summed E-state index contributed by atoms with van der Waals surface area (Å²) in [6, 6.07) is 17.1. The van der Waals surface area contributed by atoms with Crippen molar-refractivity contribution in [2.24, 2.45) is 0 Å². The zero-order valence-corrected chi connectivity index (χ0v) is 20.7. The number of carboxylic acid groups (broad SMARTS) is 2. The second-order valence-corrected chi connectivity index (χ2v) is 8.93. The summed E-state index contributed by atoms with van der Waals surface area (Å²) in [6.45, 7) is 1.76. The summed E-state index contributed by atoms with van der Waals surface area (Å²) >= 11 is 0. The van der Waals surface area contributed by atoms with E-state index in [1.165, 1.54) is 24.3 Å². The normalized spacial score (nSPS) is 15.0. The maximum Gasteiger partial charge on any atom is 0.416 e. The standard InChI is InChI=1S/C28H26F3NO7/c1-17(21-11-5-8-19-7-2-3-10-22(19)21)32-23(13-12-18-6-4-9-20(14-18)28(29,30)31)39-25(35)16-27(38,26(36)37)15-24(33)34/h2-14,17,23,32,38H,15-16H2,1H3,(H,33,34)(H,36,37). The molecule has 0 aliphatic heterocycles. The Bertz CT molecular complexity index is 1380. The fourth-order valence-electron chi connectivity index (χ4n) is 4.00. The van der Waals surface area contributed by atoms with Gasteiger partial charge in [-0.15, -0.1) is 0 Å². The number of halogens is 3. The van der Waals surface area contributed by atoms with Gasteiger partial charge in [0, 0.05) is 6.04 Å². The lowest BCUT2D eigenvalue weighted by Gasteiger charge is -2.25. The van der Waals surface area contributed by atoms with Crippen LogP contribution in [0.25, 0.3) is 16.8 Å². The maximum absolute atomic E-state index is 13.1. The molecule has 0 saturated carbocycles. The fraction of sp³-hybridized carbons (Fsp3) is 0.250. The molecule has 3 aromatic carbocycles. The average Bonchev–Trinajstić information content (AvgIpc) is 2.85. The highest BCUT2D eigenvalue weighted by Gasteiger charge is 2.42. The summed E-state index contributed by atoms with van der Waals surface area (Å²) in [5.41, 5.74) is -2.83. The Morgan fingerprint density at radius 3 is 2.31 bits per heavy atom. The Balaban J connectivity index is 1.89. The number of hydrogen-bond acceptors (Lipinski definition) is 6. The molecule has 39 heavy (non-hydrogen) atoms. The first kappa shape index (κ1) is 29.3. The van der Waals surface area contributed by atoms with Crippen LogP contribution in [0.15, 0.2) is 72.8 Å². The maximum atomic E-state index is 13.1. The quantitative estimate of drug-likeness (QED) is 0.200. The zero-order valence-electron chi connectivity index (χ0n) is 20.7. The van der Waals surface area contributed by atoms with Crippen molar-refractivity contribution in [3.05, 3.63) is 89.5 Å². The molecule has 0 aromatic heterocycles. The van der Waals surface area contributed by atoms with Crippen molar-refractivity contribution in [2.45, 2.75) is 43.8 Å². The van der Waals surface area contributed by atoms with Crippen molar-refractivity contribution < 1.29 is 47.6 Å². The van der Waals surface area contributed by atoms with Gasteiger partial charge in [-0.2, -0.15) is 13.2 Å². The number of esters is 1. The minimum atomic E-state index is -4.57. The van der Waals surface area contributed by atoms with Gasteiger partial charge in [-0.3, -0.25) is 14.9 Å². The summed E-state index contributed by atoms with van der Waals surface area (Å²) in [4.78, 5) is 35.1. The van der Waals surface area contributed by atoms with Crippen molar-refractivity contribution in [3.8, 4) is 0 Å². The average molecular weight is 546 g/mol. The summed E-state index contributed by atoms with van der Waals surface area (Å²) < 4.78 is 44.7. The number of carbonyl (C=O) groups is 3. The molecule has 0 radical (unpaired) electrons. The van der Waals surface area contributed by atoms with Crippen molar-refractivity contribution in [1.82, 2.24) is 5.32 Å². The molecule has 4 N–H and O–H groups in total. The van der Waals surface area contributed by atoms with Crippen molar-refractivity contribution in [2.75, 3.05) is 0 Å². The number of fused-ring (bicyclic) bond motifs is 1. The number of rotatable bonds is 11. The minimum Gasteiger partial charge on any atom is -0.481 e. The fourth-order valence-corrected chi connectivity index (χ4v) is 4.00. The number of carboxylic acids is 2. The number of carbonyl (C=O) groups excluding carboxylic acids is 1. The second-order valence-electron chi connectivity index (χ2n) is 8.93. The van der Waals surface area contributed by atoms with E-state index in [0.717, 1.165) is 28.5 Å². The van der Waals surface area contributed by atoms with Crippen LogP contribution in [0.5, 0.6) is 0 Å². The van der Waals surface area contributed by atoms with Gasteiger partial charge < -0.3 is 20.1 Å². The SMILES string of the molecule is CC(NC(C=Cc1cccc(C(F)(F)F)c1)OC(=O)CC(O)(CC(=O)O)C(=O)O)c1cccc2ccccc12. The molecule has 0 aliphatic rings. The van der Waals surface area contributed by atoms with Crippen molar-refractivity contribution in [3.63, 3.8) is 0 Å². The van der Waals surface area contributed by atoms with Gasteiger partial charge in [0.2, 0.25) is 0 Å². The number of hydrogen-bond donors (Lipinski definition) is 4. The highest BCUT2D eigenvalue weighted by Crippen LogP contribution is 2.30. The van der Waals surface area contributed by atoms with Gasteiger partial charge >= 0.3 is 24.1 Å². The lowest BCUT2D eigenvalue weighted by atomic mass is 9.96. The van der Waals surface area contributed by atoms with E-state index < -0.39 is 60.4 Å². The van der Waals surface area contributed by atoms with Crippen molar-refractivity contribution >= 4 is 34.8 Å². The molecule has 0 bridgehead atoms. The molecule has 0 fully saturated rings. The summed E-state index contributed by atoms with van der Waals surface area (Å²) in [7, 11) is 0. The third-order valence-electron chi connectivity index (χ3n) is 5.92. The molecule has 0 aliphatic carbocycles. The molecule has 0 amide bonds. The first-order chi connectivity index (χ1) is 18.3. The highest BCUT2D eigenvalue weighted by molar-refractivity contribution is 5.88. The number of benzene rings is 3. The van der Waals surface area contributed by atoms with Crippen LogP contribution in [0.3, 0.4) is 0 Å². The first-order valence-corrected chi connectivity index (χ1v) is 11.7. The van der Waals surface area contributed by atoms with Gasteiger partial charge in [-0.1, -0.05) is 60.7 Å². The van der Waals surface area contributed by atoms with E-state index in [4.69, 9.17) is 9.84 Å². The Labute approximate surface area is 221 Å². The van der Waals surface area contributed by atoms with E-state index >= 15 is 0 Å². The van der Waals surface area contributed by atoms with Gasteiger partial charge in [-0.05, 0) is 47.0 Å². The van der Waals surface area contributed by atoms with Crippen LogP contribution in [-0.4, -0.2) is 45.1 Å². The molecule has 3 rings (SSSR count). The number of aliphatic carboxylic acids is 2. The highest BCUT2D eigenvalue weighted by atomic mass is 19.4. The molecule has 11 heteroatoms. The molecule has 0 spiro atoms. The lowest BCUT2D eigenvalue weighted by molar-refractivity contribution is -0.173. The van der Waals surface area contributed by atoms with Gasteiger partial charge in [0.05, 0.1) is 18.4 Å². The lowest BCUT2D eigenvalue weighted by Crippen LogP contribution is -2.44. The number of nitrogens with one attached hydrogen (secondary N) is 1. The third kappa shape index (κ3) is 7.88. The Morgan fingerprint density at radius 2 is 1.64 bits per heavy atom. The Kier molecular flexibility index (Phi) is 9.10. The van der Waals surface area contributed by atoms with E-state index in [2.05, 4.69) is 5.32 Å². The largest absolute Gasteiger partial charge is 0.481 e. The second kappa shape index (κ2) is 12.1. The summed E-state index contributed by atoms with van der Waals surface area (Å²) in [6.07, 6.45) is -5.72. The minimum absolute atomic E-state index is 0.151. The van der Waals surface area contributed by atoms with Crippen LogP contribution >= 0.6 is 0 Å². The number of aliphatic hydroxyl groups is 1. The van der Waals surface area contributed by atoms with Crippen LogP contribution in [-0.2, 0) is 25.3 Å².